The molecule has 1 amide bonds. The van der Waals surface area contributed by atoms with Gasteiger partial charge in [0.2, 0.25) is 10.0 Å². The maximum Gasteiger partial charge on any atom is 0.253 e. The molecule has 0 atom stereocenters. The Hall–Kier alpha value is -3.07. The number of rotatable bonds is 7. The van der Waals surface area contributed by atoms with Crippen LogP contribution in [-0.4, -0.2) is 65.2 Å². The molecule has 0 saturated carbocycles. The average Bonchev–Trinajstić information content (AvgIpc) is 3.21. The number of benzene rings is 2. The Morgan fingerprint density at radius 2 is 1.81 bits per heavy atom. The number of para-hydroxylation sites is 1. The number of guanidine groups is 1. The largest absolute Gasteiger partial charge is 0.355 e. The minimum absolute atomic E-state index is 0.0244. The molecular weight excluding hydrogens is 414 g/mol. The fourth-order valence-electron chi connectivity index (χ4n) is 3.44. The van der Waals surface area contributed by atoms with Crippen molar-refractivity contribution in [2.45, 2.75) is 13.0 Å². The summed E-state index contributed by atoms with van der Waals surface area (Å²) in [6.45, 7) is 1.24. The molecule has 1 heterocycles. The van der Waals surface area contributed by atoms with Crippen molar-refractivity contribution in [3.63, 3.8) is 0 Å². The van der Waals surface area contributed by atoms with E-state index in [1.807, 2.05) is 36.4 Å². The maximum absolute atomic E-state index is 12.8. The lowest BCUT2D eigenvalue weighted by Gasteiger charge is -2.20. The lowest BCUT2D eigenvalue weighted by Crippen LogP contribution is -2.41. The minimum atomic E-state index is -3.41. The van der Waals surface area contributed by atoms with Gasteiger partial charge < -0.3 is 15.5 Å². The van der Waals surface area contributed by atoms with Gasteiger partial charge in [0, 0.05) is 46.3 Å². The Labute approximate surface area is 184 Å². The molecule has 1 aliphatic rings. The summed E-state index contributed by atoms with van der Waals surface area (Å²) >= 11 is 0. The smallest absolute Gasteiger partial charge is 0.253 e. The average molecular weight is 444 g/mol. The van der Waals surface area contributed by atoms with E-state index in [4.69, 9.17) is 0 Å². The van der Waals surface area contributed by atoms with Crippen molar-refractivity contribution >= 4 is 27.6 Å². The number of anilines is 1. The second kappa shape index (κ2) is 9.82. The van der Waals surface area contributed by atoms with Crippen LogP contribution >= 0.6 is 0 Å². The molecule has 0 saturated heterocycles. The molecule has 2 aromatic rings. The van der Waals surface area contributed by atoms with Gasteiger partial charge in [-0.2, -0.15) is 0 Å². The van der Waals surface area contributed by atoms with Gasteiger partial charge in [-0.1, -0.05) is 30.3 Å². The van der Waals surface area contributed by atoms with Crippen molar-refractivity contribution in [1.29, 1.82) is 0 Å². The second-order valence-corrected chi connectivity index (χ2v) is 9.53. The van der Waals surface area contributed by atoms with Gasteiger partial charge in [0.05, 0.1) is 11.4 Å². The first-order valence-corrected chi connectivity index (χ1v) is 11.8. The van der Waals surface area contributed by atoms with Crippen LogP contribution in [0.3, 0.4) is 0 Å². The Kier molecular flexibility index (Phi) is 7.17. The van der Waals surface area contributed by atoms with Crippen LogP contribution in [0.2, 0.25) is 0 Å². The summed E-state index contributed by atoms with van der Waals surface area (Å²) in [5, 5.41) is 6.22. The minimum Gasteiger partial charge on any atom is -0.355 e. The van der Waals surface area contributed by atoms with Gasteiger partial charge in [-0.05, 0) is 35.7 Å². The van der Waals surface area contributed by atoms with Gasteiger partial charge in [0.1, 0.15) is 0 Å². The molecule has 0 bridgehead atoms. The molecular formula is C22H29N5O3S. The van der Waals surface area contributed by atoms with Gasteiger partial charge in [-0.25, -0.2) is 8.42 Å². The predicted molar refractivity (Wildman–Crippen MR) is 124 cm³/mol. The Bertz CT molecular complexity index is 1050. The first-order valence-electron chi connectivity index (χ1n) is 10.2. The molecule has 166 valence electrons. The van der Waals surface area contributed by atoms with E-state index in [0.29, 0.717) is 24.6 Å². The van der Waals surface area contributed by atoms with Crippen molar-refractivity contribution in [1.82, 2.24) is 15.5 Å². The van der Waals surface area contributed by atoms with E-state index in [1.165, 1.54) is 9.21 Å². The monoisotopic (exact) mass is 443 g/mol. The number of amides is 1. The second-order valence-electron chi connectivity index (χ2n) is 7.52. The predicted octanol–water partition coefficient (Wildman–Crippen LogP) is 1.45. The third-order valence-corrected chi connectivity index (χ3v) is 6.89. The molecule has 8 nitrogen and oxygen atoms in total. The van der Waals surface area contributed by atoms with Crippen LogP contribution in [-0.2, 0) is 23.0 Å². The number of sulfonamides is 1. The lowest BCUT2D eigenvalue weighted by atomic mass is 10.1. The summed E-state index contributed by atoms with van der Waals surface area (Å²) < 4.78 is 27.0. The number of carbonyl (C=O) groups excluding carboxylic acids is 1. The van der Waals surface area contributed by atoms with Crippen LogP contribution in [0.15, 0.2) is 53.5 Å². The highest BCUT2D eigenvalue weighted by atomic mass is 32.2. The number of nitrogens with zero attached hydrogens (tertiary/aromatic N) is 3. The Morgan fingerprint density at radius 1 is 1.10 bits per heavy atom. The molecule has 0 unspecified atom stereocenters. The number of aliphatic imine (C=N–C) groups is 1. The van der Waals surface area contributed by atoms with Crippen LogP contribution in [0.5, 0.6) is 0 Å². The fraction of sp³-hybridized carbons (Fsp3) is 0.364. The summed E-state index contributed by atoms with van der Waals surface area (Å²) in [5.74, 6) is 0.452. The van der Waals surface area contributed by atoms with E-state index >= 15 is 0 Å². The van der Waals surface area contributed by atoms with Gasteiger partial charge in [-0.15, -0.1) is 0 Å². The molecule has 2 N–H and O–H groups in total. The first-order chi connectivity index (χ1) is 14.8. The SMILES string of the molecule is CN=C(NCCS(=O)(=O)N1CCc2ccccc21)NCc1ccc(C(=O)N(C)C)cc1. The molecule has 3 rings (SSSR count). The zero-order valence-corrected chi connectivity index (χ0v) is 18.9. The standard InChI is InChI=1S/C22H29N5O3S/c1-23-22(25-16-17-8-10-19(11-9-17)21(28)26(2)3)24-13-15-31(29,30)27-14-12-18-6-4-5-7-20(18)27/h4-11H,12-16H2,1-3H3,(H2,23,24,25). The highest BCUT2D eigenvalue weighted by Gasteiger charge is 2.28. The number of nitrogens with one attached hydrogen (secondary N) is 2. The maximum atomic E-state index is 12.8. The number of hydrogen-bond donors (Lipinski definition) is 2. The van der Waals surface area contributed by atoms with E-state index in [1.54, 1.807) is 33.3 Å². The van der Waals surface area contributed by atoms with Crippen molar-refractivity contribution in [2.24, 2.45) is 4.99 Å². The van der Waals surface area contributed by atoms with E-state index in [-0.39, 0.29) is 18.2 Å². The van der Waals surface area contributed by atoms with Crippen LogP contribution in [0.25, 0.3) is 0 Å². The molecule has 0 aliphatic carbocycles. The summed E-state index contributed by atoms with van der Waals surface area (Å²) in [7, 11) is 1.66. The van der Waals surface area contributed by atoms with Crippen molar-refractivity contribution in [3.8, 4) is 0 Å². The summed E-state index contributed by atoms with van der Waals surface area (Å²) in [4.78, 5) is 17.6. The number of fused-ring (bicyclic) bond motifs is 1. The first kappa shape index (κ1) is 22.6. The van der Waals surface area contributed by atoms with Crippen LogP contribution in [0, 0.1) is 0 Å². The van der Waals surface area contributed by atoms with Crippen LogP contribution in [0.4, 0.5) is 5.69 Å². The molecule has 31 heavy (non-hydrogen) atoms. The van der Waals surface area contributed by atoms with Gasteiger partial charge in [0.15, 0.2) is 5.96 Å². The van der Waals surface area contributed by atoms with Gasteiger partial charge in [-0.3, -0.25) is 14.1 Å². The quantitative estimate of drug-likeness (QED) is 0.499. The van der Waals surface area contributed by atoms with E-state index < -0.39 is 10.0 Å². The highest BCUT2D eigenvalue weighted by Crippen LogP contribution is 2.29. The van der Waals surface area contributed by atoms with Crippen molar-refractivity contribution in [2.75, 3.05) is 44.3 Å². The molecule has 0 spiro atoms. The van der Waals surface area contributed by atoms with E-state index in [9.17, 15) is 13.2 Å². The fourth-order valence-corrected chi connectivity index (χ4v) is 4.86. The van der Waals surface area contributed by atoms with Gasteiger partial charge in [0.25, 0.3) is 5.91 Å². The van der Waals surface area contributed by atoms with Crippen LogP contribution in [0.1, 0.15) is 21.5 Å². The topological polar surface area (TPSA) is 94.1 Å². The summed E-state index contributed by atoms with van der Waals surface area (Å²) in [5.41, 5.74) is 3.46. The molecule has 1 aliphatic heterocycles. The number of hydrogen-bond acceptors (Lipinski definition) is 4. The summed E-state index contributed by atoms with van der Waals surface area (Å²) in [6, 6.07) is 15.0. The number of carbonyl (C=O) groups is 1. The third kappa shape index (κ3) is 5.55. The van der Waals surface area contributed by atoms with Crippen molar-refractivity contribution in [3.05, 3.63) is 65.2 Å². The normalized spacial score (nSPS) is 13.6. The lowest BCUT2D eigenvalue weighted by molar-refractivity contribution is 0.0827. The molecule has 0 fully saturated rings. The highest BCUT2D eigenvalue weighted by molar-refractivity contribution is 7.92. The Morgan fingerprint density at radius 3 is 2.48 bits per heavy atom. The van der Waals surface area contributed by atoms with Crippen molar-refractivity contribution < 1.29 is 13.2 Å². The molecule has 0 radical (unpaired) electrons. The van der Waals surface area contributed by atoms with E-state index in [0.717, 1.165) is 23.2 Å². The van der Waals surface area contributed by atoms with Gasteiger partial charge >= 0.3 is 0 Å². The Balaban J connectivity index is 1.49. The zero-order chi connectivity index (χ0) is 22.4. The van der Waals surface area contributed by atoms with E-state index in [2.05, 4.69) is 15.6 Å². The molecule has 2 aromatic carbocycles. The zero-order valence-electron chi connectivity index (χ0n) is 18.1. The third-order valence-electron chi connectivity index (χ3n) is 5.12. The molecule has 9 heteroatoms. The summed E-state index contributed by atoms with van der Waals surface area (Å²) in [6.07, 6.45) is 0.741. The van der Waals surface area contributed by atoms with Crippen LogP contribution < -0.4 is 14.9 Å². The molecule has 0 aromatic heterocycles.